The molecular weight excluding hydrogens is 362 g/mol. The molecule has 1 amide bonds. The van der Waals surface area contributed by atoms with Gasteiger partial charge in [0.2, 0.25) is 15.9 Å². The lowest BCUT2D eigenvalue weighted by Gasteiger charge is -2.35. The maximum atomic E-state index is 13.1. The molecule has 1 fully saturated rings. The highest BCUT2D eigenvalue weighted by Crippen LogP contribution is 2.23. The summed E-state index contributed by atoms with van der Waals surface area (Å²) in [7, 11) is -1.76. The molecule has 1 N–H and O–H groups in total. The quantitative estimate of drug-likeness (QED) is 0.801. The number of hydrogen-bond acceptors (Lipinski definition) is 4. The second-order valence-corrected chi connectivity index (χ2v) is 9.81. The lowest BCUT2D eigenvalue weighted by molar-refractivity contribution is -0.135. The SMILES string of the molecule is Cc1cc(C)c(S(=O)(=O)N[C@@H](CC(C)C)C(=O)N2CCN(C)CC2)c(C)c1. The van der Waals surface area contributed by atoms with Crippen LogP contribution in [-0.2, 0) is 14.8 Å². The van der Waals surface area contributed by atoms with E-state index in [0.717, 1.165) is 18.7 Å². The number of amides is 1. The molecule has 1 heterocycles. The van der Waals surface area contributed by atoms with Gasteiger partial charge in [-0.3, -0.25) is 4.79 Å². The van der Waals surface area contributed by atoms with Crippen molar-refractivity contribution in [1.82, 2.24) is 14.5 Å². The maximum absolute atomic E-state index is 13.1. The molecule has 0 unspecified atom stereocenters. The van der Waals surface area contributed by atoms with Crippen molar-refractivity contribution in [3.8, 4) is 0 Å². The lowest BCUT2D eigenvalue weighted by Crippen LogP contribution is -2.54. The number of hydrogen-bond donors (Lipinski definition) is 1. The van der Waals surface area contributed by atoms with E-state index in [1.807, 2.05) is 40.0 Å². The van der Waals surface area contributed by atoms with Gasteiger partial charge in [0.05, 0.1) is 4.90 Å². The Morgan fingerprint density at radius 1 is 1.07 bits per heavy atom. The normalized spacial score (nSPS) is 17.4. The van der Waals surface area contributed by atoms with Gasteiger partial charge in [-0.25, -0.2) is 8.42 Å². The van der Waals surface area contributed by atoms with Crippen LogP contribution in [0.1, 0.15) is 37.0 Å². The Bertz CT molecular complexity index is 759. The van der Waals surface area contributed by atoms with E-state index >= 15 is 0 Å². The minimum atomic E-state index is -3.79. The van der Waals surface area contributed by atoms with E-state index in [4.69, 9.17) is 0 Å². The second-order valence-electron chi connectivity index (χ2n) is 8.16. The number of piperazine rings is 1. The molecule has 27 heavy (non-hydrogen) atoms. The largest absolute Gasteiger partial charge is 0.339 e. The Morgan fingerprint density at radius 2 is 1.59 bits per heavy atom. The predicted octanol–water partition coefficient (Wildman–Crippen LogP) is 2.08. The number of nitrogens with one attached hydrogen (secondary N) is 1. The number of sulfonamides is 1. The van der Waals surface area contributed by atoms with E-state index in [2.05, 4.69) is 9.62 Å². The lowest BCUT2D eigenvalue weighted by atomic mass is 10.0. The maximum Gasteiger partial charge on any atom is 0.241 e. The monoisotopic (exact) mass is 395 g/mol. The first kappa shape index (κ1) is 21.9. The molecule has 1 atom stereocenters. The molecule has 0 spiro atoms. The van der Waals surface area contributed by atoms with Crippen LogP contribution in [0.3, 0.4) is 0 Å². The summed E-state index contributed by atoms with van der Waals surface area (Å²) in [4.78, 5) is 17.3. The second kappa shape index (κ2) is 8.71. The molecule has 0 radical (unpaired) electrons. The first-order valence-electron chi connectivity index (χ1n) is 9.58. The summed E-state index contributed by atoms with van der Waals surface area (Å²) in [5, 5.41) is 0. The van der Waals surface area contributed by atoms with Crippen LogP contribution in [0.15, 0.2) is 17.0 Å². The number of carbonyl (C=O) groups is 1. The van der Waals surface area contributed by atoms with Gasteiger partial charge in [0, 0.05) is 26.2 Å². The van der Waals surface area contributed by atoms with Gasteiger partial charge >= 0.3 is 0 Å². The van der Waals surface area contributed by atoms with Gasteiger partial charge in [0.25, 0.3) is 0 Å². The minimum absolute atomic E-state index is 0.122. The van der Waals surface area contributed by atoms with Gasteiger partial charge < -0.3 is 9.80 Å². The molecule has 6 nitrogen and oxygen atoms in total. The molecule has 0 saturated carbocycles. The zero-order chi connectivity index (χ0) is 20.4. The van der Waals surface area contributed by atoms with Gasteiger partial charge in [-0.05, 0) is 51.3 Å². The third kappa shape index (κ3) is 5.53. The van der Waals surface area contributed by atoms with E-state index in [1.54, 1.807) is 18.7 Å². The molecule has 1 aliphatic heterocycles. The van der Waals surface area contributed by atoms with E-state index in [1.165, 1.54) is 0 Å². The smallest absolute Gasteiger partial charge is 0.241 e. The van der Waals surface area contributed by atoms with Crippen LogP contribution >= 0.6 is 0 Å². The van der Waals surface area contributed by atoms with Crippen LogP contribution < -0.4 is 4.72 Å². The fourth-order valence-electron chi connectivity index (χ4n) is 3.75. The summed E-state index contributed by atoms with van der Waals surface area (Å²) >= 11 is 0. The van der Waals surface area contributed by atoms with Gasteiger partial charge in [-0.2, -0.15) is 4.72 Å². The summed E-state index contributed by atoms with van der Waals surface area (Å²) < 4.78 is 29.0. The highest BCUT2D eigenvalue weighted by molar-refractivity contribution is 7.89. The van der Waals surface area contributed by atoms with Crippen molar-refractivity contribution in [2.24, 2.45) is 5.92 Å². The van der Waals surface area contributed by atoms with Crippen LogP contribution in [0.4, 0.5) is 0 Å². The molecule has 0 aliphatic carbocycles. The molecule has 1 saturated heterocycles. The predicted molar refractivity (Wildman–Crippen MR) is 108 cm³/mol. The van der Waals surface area contributed by atoms with Crippen molar-refractivity contribution in [3.05, 3.63) is 28.8 Å². The molecule has 1 aromatic carbocycles. The summed E-state index contributed by atoms with van der Waals surface area (Å²) in [5.74, 6) is 0.0807. The summed E-state index contributed by atoms with van der Waals surface area (Å²) in [6.07, 6.45) is 0.481. The highest BCUT2D eigenvalue weighted by Gasteiger charge is 2.32. The molecule has 1 aromatic rings. The van der Waals surface area contributed by atoms with E-state index in [9.17, 15) is 13.2 Å². The van der Waals surface area contributed by atoms with E-state index in [-0.39, 0.29) is 16.7 Å². The standard InChI is InChI=1S/C20H33N3O3S/c1-14(2)11-18(20(24)23-9-7-22(6)8-10-23)21-27(25,26)19-16(4)12-15(3)13-17(19)5/h12-14,18,21H,7-11H2,1-6H3/t18-/m0/s1. The molecule has 1 aliphatic rings. The van der Waals surface area contributed by atoms with E-state index < -0.39 is 16.1 Å². The average Bonchev–Trinajstić information content (AvgIpc) is 2.52. The van der Waals surface area contributed by atoms with Gasteiger partial charge in [0.15, 0.2) is 0 Å². The number of aryl methyl sites for hydroxylation is 3. The van der Waals surface area contributed by atoms with Gasteiger partial charge in [-0.15, -0.1) is 0 Å². The van der Waals surface area contributed by atoms with Crippen LogP contribution in [0, 0.1) is 26.7 Å². The van der Waals surface area contributed by atoms with Crippen molar-refractivity contribution in [2.45, 2.75) is 52.0 Å². The zero-order valence-electron chi connectivity index (χ0n) is 17.4. The van der Waals surface area contributed by atoms with Crippen molar-refractivity contribution < 1.29 is 13.2 Å². The average molecular weight is 396 g/mol. The fourth-order valence-corrected chi connectivity index (χ4v) is 5.41. The van der Waals surface area contributed by atoms with Crippen molar-refractivity contribution >= 4 is 15.9 Å². The van der Waals surface area contributed by atoms with Crippen LogP contribution in [-0.4, -0.2) is 63.4 Å². The van der Waals surface area contributed by atoms with Crippen molar-refractivity contribution in [2.75, 3.05) is 33.2 Å². The Morgan fingerprint density at radius 3 is 2.07 bits per heavy atom. The third-order valence-electron chi connectivity index (χ3n) is 4.99. The highest BCUT2D eigenvalue weighted by atomic mass is 32.2. The molecular formula is C20H33N3O3S. The Balaban J connectivity index is 2.28. The van der Waals surface area contributed by atoms with Gasteiger partial charge in [-0.1, -0.05) is 31.5 Å². The van der Waals surface area contributed by atoms with Gasteiger partial charge in [0.1, 0.15) is 6.04 Å². The van der Waals surface area contributed by atoms with Crippen LogP contribution in [0.2, 0.25) is 0 Å². The van der Waals surface area contributed by atoms with Crippen LogP contribution in [0.5, 0.6) is 0 Å². The Kier molecular flexibility index (Phi) is 7.05. The van der Waals surface area contributed by atoms with Crippen molar-refractivity contribution in [1.29, 1.82) is 0 Å². The number of nitrogens with zero attached hydrogens (tertiary/aromatic N) is 2. The summed E-state index contributed by atoms with van der Waals surface area (Å²) in [5.41, 5.74) is 2.43. The Labute approximate surface area is 164 Å². The molecule has 152 valence electrons. The zero-order valence-corrected chi connectivity index (χ0v) is 18.2. The fraction of sp³-hybridized carbons (Fsp3) is 0.650. The molecule has 0 bridgehead atoms. The molecule has 7 heteroatoms. The number of benzene rings is 1. The van der Waals surface area contributed by atoms with E-state index in [0.29, 0.717) is 30.6 Å². The summed E-state index contributed by atoms with van der Waals surface area (Å²) in [6, 6.07) is 2.99. The summed E-state index contributed by atoms with van der Waals surface area (Å²) in [6.45, 7) is 12.4. The Hall–Kier alpha value is -1.44. The van der Waals surface area contributed by atoms with Crippen LogP contribution in [0.25, 0.3) is 0 Å². The minimum Gasteiger partial charge on any atom is -0.339 e. The number of likely N-dealkylation sites (N-methyl/N-ethyl adjacent to an activating group) is 1. The molecule has 2 rings (SSSR count). The number of carbonyl (C=O) groups excluding carboxylic acids is 1. The molecule has 0 aromatic heterocycles. The number of rotatable bonds is 6. The van der Waals surface area contributed by atoms with Crippen molar-refractivity contribution in [3.63, 3.8) is 0 Å². The first-order chi connectivity index (χ1) is 12.5. The topological polar surface area (TPSA) is 69.7 Å². The third-order valence-corrected chi connectivity index (χ3v) is 6.77. The first-order valence-corrected chi connectivity index (χ1v) is 11.1.